The van der Waals surface area contributed by atoms with E-state index < -0.39 is 6.04 Å². The van der Waals surface area contributed by atoms with Gasteiger partial charge in [0, 0.05) is 18.8 Å². The fourth-order valence-electron chi connectivity index (χ4n) is 1.11. The van der Waals surface area contributed by atoms with Crippen LogP contribution in [0.1, 0.15) is 26.3 Å². The van der Waals surface area contributed by atoms with Crippen LogP contribution in [0.25, 0.3) is 0 Å². The Morgan fingerprint density at radius 1 is 1.69 bits per heavy atom. The van der Waals surface area contributed by atoms with E-state index in [1.165, 1.54) is 10.8 Å². The Kier molecular flexibility index (Phi) is 2.95. The monoisotopic (exact) mass is 180 g/mol. The molecule has 0 aliphatic heterocycles. The maximum Gasteiger partial charge on any atom is 0.348 e. The van der Waals surface area contributed by atoms with Crippen LogP contribution in [0.4, 0.5) is 0 Å². The second kappa shape index (κ2) is 3.98. The van der Waals surface area contributed by atoms with Crippen LogP contribution in [-0.4, -0.2) is 15.3 Å². The molecule has 4 heteroatoms. The van der Waals surface area contributed by atoms with Crippen molar-refractivity contribution in [1.29, 1.82) is 0 Å². The Morgan fingerprint density at radius 2 is 2.38 bits per heavy atom. The Labute approximate surface area is 76.2 Å². The minimum absolute atomic E-state index is 0.0371. The minimum atomic E-state index is -0.411. The van der Waals surface area contributed by atoms with E-state index in [1.54, 1.807) is 26.1 Å². The zero-order valence-electron chi connectivity index (χ0n) is 7.73. The summed E-state index contributed by atoms with van der Waals surface area (Å²) in [4.78, 5) is 26.0. The van der Waals surface area contributed by atoms with Crippen LogP contribution in [0.15, 0.2) is 23.3 Å². The number of aromatic nitrogens is 2. The summed E-state index contributed by atoms with van der Waals surface area (Å²) in [6.07, 6.45) is 3.43. The fraction of sp³-hybridized carbons (Fsp3) is 0.444. The predicted octanol–water partition coefficient (Wildman–Crippen LogP) is 0.783. The summed E-state index contributed by atoms with van der Waals surface area (Å²) in [6.45, 7) is 3.48. The number of nitrogens with zero attached hydrogens (tertiary/aromatic N) is 2. The number of rotatable bonds is 3. The van der Waals surface area contributed by atoms with Gasteiger partial charge in [-0.3, -0.25) is 9.36 Å². The topological polar surface area (TPSA) is 52.0 Å². The smallest absolute Gasteiger partial charge is 0.297 e. The highest BCUT2D eigenvalue weighted by molar-refractivity contribution is 5.81. The highest BCUT2D eigenvalue weighted by Crippen LogP contribution is 2.04. The summed E-state index contributed by atoms with van der Waals surface area (Å²) < 4.78 is 1.34. The maximum absolute atomic E-state index is 11.3. The number of hydrogen-bond donors (Lipinski definition) is 0. The van der Waals surface area contributed by atoms with Crippen molar-refractivity contribution in [1.82, 2.24) is 9.55 Å². The van der Waals surface area contributed by atoms with Gasteiger partial charge in [-0.1, -0.05) is 6.92 Å². The normalized spacial score (nSPS) is 12.5. The van der Waals surface area contributed by atoms with Crippen molar-refractivity contribution in [2.75, 3.05) is 0 Å². The van der Waals surface area contributed by atoms with E-state index in [1.807, 2.05) is 0 Å². The Hall–Kier alpha value is -1.45. The van der Waals surface area contributed by atoms with E-state index in [-0.39, 0.29) is 11.5 Å². The molecule has 0 bridgehead atoms. The molecule has 1 atom stereocenters. The molecule has 0 radical (unpaired) electrons. The molecular formula is C9H12N2O2. The SMILES string of the molecule is CCC(=O)C(C)n1cccnc1=O. The first kappa shape index (κ1) is 9.64. The second-order valence-electron chi connectivity index (χ2n) is 2.81. The van der Waals surface area contributed by atoms with E-state index in [0.29, 0.717) is 6.42 Å². The second-order valence-corrected chi connectivity index (χ2v) is 2.81. The molecule has 4 nitrogen and oxygen atoms in total. The zero-order chi connectivity index (χ0) is 9.84. The van der Waals surface area contributed by atoms with Crippen LogP contribution < -0.4 is 5.69 Å². The molecule has 1 unspecified atom stereocenters. The van der Waals surface area contributed by atoms with Crippen molar-refractivity contribution >= 4 is 5.78 Å². The molecule has 13 heavy (non-hydrogen) atoms. The summed E-state index contributed by atoms with van der Waals surface area (Å²) >= 11 is 0. The van der Waals surface area contributed by atoms with Crippen LogP contribution in [0.5, 0.6) is 0 Å². The van der Waals surface area contributed by atoms with Crippen molar-refractivity contribution in [2.45, 2.75) is 26.3 Å². The summed E-state index contributed by atoms with van der Waals surface area (Å²) in [5, 5.41) is 0. The van der Waals surface area contributed by atoms with E-state index >= 15 is 0 Å². The van der Waals surface area contributed by atoms with Crippen LogP contribution in [0.2, 0.25) is 0 Å². The van der Waals surface area contributed by atoms with Gasteiger partial charge in [-0.2, -0.15) is 0 Å². The van der Waals surface area contributed by atoms with Crippen molar-refractivity contribution in [3.05, 3.63) is 28.9 Å². The lowest BCUT2D eigenvalue weighted by molar-refractivity contribution is -0.121. The van der Waals surface area contributed by atoms with Gasteiger partial charge >= 0.3 is 5.69 Å². The molecule has 1 aromatic rings. The Bertz CT molecular complexity index is 357. The highest BCUT2D eigenvalue weighted by Gasteiger charge is 2.13. The predicted molar refractivity (Wildman–Crippen MR) is 48.5 cm³/mol. The van der Waals surface area contributed by atoms with Gasteiger partial charge in [0.25, 0.3) is 0 Å². The number of carbonyl (C=O) groups excluding carboxylic acids is 1. The zero-order valence-corrected chi connectivity index (χ0v) is 7.73. The van der Waals surface area contributed by atoms with Gasteiger partial charge in [-0.05, 0) is 13.0 Å². The van der Waals surface area contributed by atoms with E-state index in [4.69, 9.17) is 0 Å². The van der Waals surface area contributed by atoms with E-state index in [0.717, 1.165) is 0 Å². The Morgan fingerprint density at radius 3 is 2.92 bits per heavy atom. The number of ketones is 1. The number of Topliss-reactive ketones (excluding diaryl/α,β-unsaturated/α-hetero) is 1. The largest absolute Gasteiger partial charge is 0.348 e. The van der Waals surface area contributed by atoms with E-state index in [9.17, 15) is 9.59 Å². The molecule has 0 spiro atoms. The minimum Gasteiger partial charge on any atom is -0.297 e. The molecule has 70 valence electrons. The standard InChI is InChI=1S/C9H12N2O2/c1-3-8(12)7(2)11-6-4-5-10-9(11)13/h4-7H,3H2,1-2H3. The lowest BCUT2D eigenvalue weighted by Crippen LogP contribution is -2.28. The van der Waals surface area contributed by atoms with Crippen LogP contribution in [-0.2, 0) is 4.79 Å². The fourth-order valence-corrected chi connectivity index (χ4v) is 1.11. The molecule has 0 aliphatic rings. The van der Waals surface area contributed by atoms with Gasteiger partial charge in [0.15, 0.2) is 5.78 Å². The van der Waals surface area contributed by atoms with Gasteiger partial charge in [-0.25, -0.2) is 9.78 Å². The number of hydrogen-bond acceptors (Lipinski definition) is 3. The lowest BCUT2D eigenvalue weighted by Gasteiger charge is -2.10. The van der Waals surface area contributed by atoms with E-state index in [2.05, 4.69) is 4.98 Å². The molecule has 0 aromatic carbocycles. The van der Waals surface area contributed by atoms with Crippen LogP contribution in [0, 0.1) is 0 Å². The molecular weight excluding hydrogens is 168 g/mol. The molecule has 0 N–H and O–H groups in total. The molecule has 0 saturated heterocycles. The van der Waals surface area contributed by atoms with Crippen molar-refractivity contribution in [3.63, 3.8) is 0 Å². The average Bonchev–Trinajstić information content (AvgIpc) is 2.16. The van der Waals surface area contributed by atoms with Crippen molar-refractivity contribution in [2.24, 2.45) is 0 Å². The Balaban J connectivity index is 3.02. The first-order valence-electron chi connectivity index (χ1n) is 4.22. The molecule has 0 saturated carbocycles. The molecule has 0 amide bonds. The lowest BCUT2D eigenvalue weighted by atomic mass is 10.2. The highest BCUT2D eigenvalue weighted by atomic mass is 16.2. The number of carbonyl (C=O) groups is 1. The first-order chi connectivity index (χ1) is 6.16. The van der Waals surface area contributed by atoms with Gasteiger partial charge < -0.3 is 0 Å². The van der Waals surface area contributed by atoms with Gasteiger partial charge in [0.05, 0.1) is 6.04 Å². The third-order valence-electron chi connectivity index (χ3n) is 1.97. The molecule has 1 aromatic heterocycles. The summed E-state index contributed by atoms with van der Waals surface area (Å²) in [5.41, 5.74) is -0.378. The summed E-state index contributed by atoms with van der Waals surface area (Å²) in [7, 11) is 0. The average molecular weight is 180 g/mol. The van der Waals surface area contributed by atoms with Crippen molar-refractivity contribution < 1.29 is 4.79 Å². The molecule has 0 fully saturated rings. The third kappa shape index (κ3) is 2.02. The molecule has 0 aliphatic carbocycles. The third-order valence-corrected chi connectivity index (χ3v) is 1.97. The molecule has 1 rings (SSSR count). The summed E-state index contributed by atoms with van der Waals surface area (Å²) in [6, 6.07) is 1.23. The quantitative estimate of drug-likeness (QED) is 0.690. The van der Waals surface area contributed by atoms with Gasteiger partial charge in [-0.15, -0.1) is 0 Å². The van der Waals surface area contributed by atoms with Gasteiger partial charge in [0.1, 0.15) is 0 Å². The van der Waals surface area contributed by atoms with Crippen LogP contribution >= 0.6 is 0 Å². The van der Waals surface area contributed by atoms with Crippen molar-refractivity contribution in [3.8, 4) is 0 Å². The maximum atomic E-state index is 11.3. The molecule has 1 heterocycles. The first-order valence-corrected chi connectivity index (χ1v) is 4.22. The van der Waals surface area contributed by atoms with Crippen LogP contribution in [0.3, 0.4) is 0 Å². The van der Waals surface area contributed by atoms with Gasteiger partial charge in [0.2, 0.25) is 0 Å². The summed E-state index contributed by atoms with van der Waals surface area (Å²) in [5.74, 6) is 0.0371.